The lowest BCUT2D eigenvalue weighted by Gasteiger charge is -2.42. The number of carbonyl (C=O) groups is 2. The van der Waals surface area contributed by atoms with Gasteiger partial charge in [-0.2, -0.15) is 0 Å². The van der Waals surface area contributed by atoms with Crippen molar-refractivity contribution in [3.05, 3.63) is 71.2 Å². The Morgan fingerprint density at radius 3 is 2.62 bits per heavy atom. The number of methoxy groups -OCH3 is 2. The maximum atomic E-state index is 15.3. The van der Waals surface area contributed by atoms with E-state index in [0.717, 1.165) is 24.0 Å². The van der Waals surface area contributed by atoms with Gasteiger partial charge in [0.25, 0.3) is 0 Å². The van der Waals surface area contributed by atoms with Gasteiger partial charge in [0.1, 0.15) is 28.7 Å². The van der Waals surface area contributed by atoms with Crippen molar-refractivity contribution in [1.82, 2.24) is 9.88 Å². The molecule has 0 saturated carbocycles. The summed E-state index contributed by atoms with van der Waals surface area (Å²) in [6.07, 6.45) is 3.59. The summed E-state index contributed by atoms with van der Waals surface area (Å²) in [4.78, 5) is 37.1. The lowest BCUT2D eigenvalue weighted by molar-refractivity contribution is 0.0249. The minimum Gasteiger partial charge on any atom is -0.497 e. The second-order valence-corrected chi connectivity index (χ2v) is 12.4. The smallest absolute Gasteiger partial charge is 0.410 e. The molecule has 3 heterocycles. The highest BCUT2D eigenvalue weighted by molar-refractivity contribution is 6.07. The van der Waals surface area contributed by atoms with Crippen LogP contribution in [0.5, 0.6) is 11.5 Å². The van der Waals surface area contributed by atoms with Gasteiger partial charge in [0.05, 0.1) is 38.2 Å². The van der Waals surface area contributed by atoms with Crippen LogP contribution in [-0.2, 0) is 17.8 Å². The number of halogens is 1. The van der Waals surface area contributed by atoms with Gasteiger partial charge in [-0.25, -0.2) is 19.0 Å². The van der Waals surface area contributed by atoms with E-state index < -0.39 is 17.5 Å². The fourth-order valence-corrected chi connectivity index (χ4v) is 5.89. The van der Waals surface area contributed by atoms with Crippen LogP contribution < -0.4 is 24.6 Å². The Morgan fingerprint density at radius 2 is 1.91 bits per heavy atom. The SMILES string of the molecule is COc1ccc(CNc2cc3c(cn2)CN(c2c(C)cccc2F)C(=O)N3[C@@H]2CCCCN(C(=O)OC(C)(C)C)C2)c(OC)c1. The van der Waals surface area contributed by atoms with Gasteiger partial charge in [-0.3, -0.25) is 9.80 Å². The summed E-state index contributed by atoms with van der Waals surface area (Å²) in [6.45, 7) is 8.70. The predicted octanol–water partition coefficient (Wildman–Crippen LogP) is 6.89. The zero-order valence-electron chi connectivity index (χ0n) is 26.9. The molecule has 45 heavy (non-hydrogen) atoms. The van der Waals surface area contributed by atoms with Crippen molar-refractivity contribution in [2.45, 2.75) is 71.7 Å². The Balaban J connectivity index is 1.50. The fourth-order valence-electron chi connectivity index (χ4n) is 5.89. The van der Waals surface area contributed by atoms with Crippen molar-refractivity contribution in [1.29, 1.82) is 0 Å². The normalized spacial score (nSPS) is 17.0. The Labute approximate surface area is 264 Å². The van der Waals surface area contributed by atoms with Crippen LogP contribution >= 0.6 is 0 Å². The zero-order chi connectivity index (χ0) is 32.3. The number of hydrogen-bond acceptors (Lipinski definition) is 7. The van der Waals surface area contributed by atoms with Crippen LogP contribution in [-0.4, -0.2) is 61.0 Å². The molecule has 1 atom stereocenters. The molecule has 1 N–H and O–H groups in total. The van der Waals surface area contributed by atoms with Crippen molar-refractivity contribution in [3.8, 4) is 11.5 Å². The number of hydrogen-bond donors (Lipinski definition) is 1. The lowest BCUT2D eigenvalue weighted by atomic mass is 10.0. The molecule has 5 rings (SSSR count). The summed E-state index contributed by atoms with van der Waals surface area (Å²) in [5.41, 5.74) is 2.61. The van der Waals surface area contributed by atoms with Crippen molar-refractivity contribution in [2.24, 2.45) is 0 Å². The quantitative estimate of drug-likeness (QED) is 0.308. The molecule has 1 fully saturated rings. The number of para-hydroxylation sites is 1. The van der Waals surface area contributed by atoms with E-state index in [1.165, 1.54) is 11.0 Å². The van der Waals surface area contributed by atoms with Gasteiger partial charge in [0.15, 0.2) is 0 Å². The van der Waals surface area contributed by atoms with E-state index in [1.54, 1.807) is 49.3 Å². The van der Waals surface area contributed by atoms with Crippen molar-refractivity contribution >= 4 is 29.3 Å². The third kappa shape index (κ3) is 7.08. The molecule has 3 aromatic rings. The third-order valence-electron chi connectivity index (χ3n) is 8.06. The number of likely N-dealkylation sites (tertiary alicyclic amines) is 1. The number of aromatic nitrogens is 1. The van der Waals surface area contributed by atoms with Crippen LogP contribution in [0.3, 0.4) is 0 Å². The standard InChI is InChI=1S/C34H42FN5O5/c1-22-10-9-12-27(35)31(22)39-20-24-19-37-30(36-18-23-13-14-26(43-5)16-29(23)44-6)17-28(24)40(32(39)41)25-11-7-8-15-38(21-25)33(42)45-34(2,3)4/h9-10,12-14,16-17,19,25H,7-8,11,15,18,20-21H2,1-6H3,(H,36,37)/t25-/m1/s1. The minimum atomic E-state index is -0.648. The summed E-state index contributed by atoms with van der Waals surface area (Å²) in [7, 11) is 3.21. The molecule has 2 aliphatic heterocycles. The number of nitrogens with one attached hydrogen (secondary N) is 1. The van der Waals surface area contributed by atoms with Crippen molar-refractivity contribution in [3.63, 3.8) is 0 Å². The molecule has 11 heteroatoms. The fraction of sp³-hybridized carbons (Fsp3) is 0.441. The predicted molar refractivity (Wildman–Crippen MR) is 172 cm³/mol. The molecule has 2 aliphatic rings. The van der Waals surface area contributed by atoms with E-state index in [9.17, 15) is 9.59 Å². The highest BCUT2D eigenvalue weighted by Gasteiger charge is 2.40. The Bertz CT molecular complexity index is 1540. The van der Waals surface area contributed by atoms with E-state index in [0.29, 0.717) is 48.1 Å². The van der Waals surface area contributed by atoms with Gasteiger partial charge < -0.3 is 24.4 Å². The van der Waals surface area contributed by atoms with Crippen LogP contribution in [0.15, 0.2) is 48.7 Å². The molecule has 3 amide bonds. The third-order valence-corrected chi connectivity index (χ3v) is 8.06. The molecule has 240 valence electrons. The monoisotopic (exact) mass is 619 g/mol. The average Bonchev–Trinajstić information content (AvgIpc) is 3.25. The Hall–Kier alpha value is -4.54. The highest BCUT2D eigenvalue weighted by atomic mass is 19.1. The van der Waals surface area contributed by atoms with Crippen molar-refractivity contribution in [2.75, 3.05) is 42.4 Å². The number of anilines is 3. The van der Waals surface area contributed by atoms with E-state index >= 15 is 4.39 Å². The summed E-state index contributed by atoms with van der Waals surface area (Å²) >= 11 is 0. The Kier molecular flexibility index (Phi) is 9.36. The number of pyridine rings is 1. The number of fused-ring (bicyclic) bond motifs is 1. The number of ether oxygens (including phenoxy) is 3. The highest BCUT2D eigenvalue weighted by Crippen LogP contribution is 2.38. The number of carbonyl (C=O) groups excluding carboxylic acids is 2. The number of rotatable bonds is 7. The first-order valence-corrected chi connectivity index (χ1v) is 15.3. The van der Waals surface area contributed by atoms with Crippen LogP contribution in [0.2, 0.25) is 0 Å². The molecule has 10 nitrogen and oxygen atoms in total. The lowest BCUT2D eigenvalue weighted by Crippen LogP contribution is -2.55. The maximum absolute atomic E-state index is 15.3. The van der Waals surface area contributed by atoms with Crippen LogP contribution in [0.4, 0.5) is 31.2 Å². The molecule has 1 aromatic heterocycles. The van der Waals surface area contributed by atoms with E-state index in [-0.39, 0.29) is 30.8 Å². The Morgan fingerprint density at radius 1 is 1.11 bits per heavy atom. The van der Waals surface area contributed by atoms with Crippen LogP contribution in [0.1, 0.15) is 56.7 Å². The van der Waals surface area contributed by atoms with E-state index in [2.05, 4.69) is 10.3 Å². The van der Waals surface area contributed by atoms with Crippen LogP contribution in [0, 0.1) is 12.7 Å². The molecule has 0 aliphatic carbocycles. The maximum Gasteiger partial charge on any atom is 0.410 e. The first-order valence-electron chi connectivity index (χ1n) is 15.3. The topological polar surface area (TPSA) is 96.5 Å². The number of benzene rings is 2. The van der Waals surface area contributed by atoms with E-state index in [1.807, 2.05) is 45.0 Å². The second kappa shape index (κ2) is 13.2. The molecule has 0 radical (unpaired) electrons. The zero-order valence-corrected chi connectivity index (χ0v) is 26.9. The molecule has 0 bridgehead atoms. The molecular weight excluding hydrogens is 577 g/mol. The average molecular weight is 620 g/mol. The summed E-state index contributed by atoms with van der Waals surface area (Å²) in [5.74, 6) is 1.46. The number of urea groups is 1. The number of aryl methyl sites for hydroxylation is 1. The molecule has 2 aromatic carbocycles. The first-order chi connectivity index (χ1) is 21.5. The van der Waals surface area contributed by atoms with Gasteiger partial charge in [0, 0.05) is 49.1 Å². The summed E-state index contributed by atoms with van der Waals surface area (Å²) < 4.78 is 31.8. The summed E-state index contributed by atoms with van der Waals surface area (Å²) in [5, 5.41) is 3.36. The van der Waals surface area contributed by atoms with Gasteiger partial charge in [-0.05, 0) is 70.7 Å². The van der Waals surface area contributed by atoms with Crippen molar-refractivity contribution < 1.29 is 28.2 Å². The first kappa shape index (κ1) is 31.9. The molecular formula is C34H42FN5O5. The summed E-state index contributed by atoms with van der Waals surface area (Å²) in [6, 6.07) is 11.5. The molecule has 0 spiro atoms. The van der Waals surface area contributed by atoms with Gasteiger partial charge in [-0.15, -0.1) is 0 Å². The van der Waals surface area contributed by atoms with Crippen LogP contribution in [0.25, 0.3) is 0 Å². The molecule has 0 unspecified atom stereocenters. The largest absolute Gasteiger partial charge is 0.497 e. The minimum absolute atomic E-state index is 0.161. The molecule has 1 saturated heterocycles. The van der Waals surface area contributed by atoms with Gasteiger partial charge in [-0.1, -0.05) is 12.1 Å². The number of nitrogens with zero attached hydrogens (tertiary/aromatic N) is 4. The van der Waals surface area contributed by atoms with Gasteiger partial charge >= 0.3 is 12.1 Å². The second-order valence-electron chi connectivity index (χ2n) is 12.4. The number of amides is 3. The van der Waals surface area contributed by atoms with Gasteiger partial charge in [0.2, 0.25) is 0 Å². The van der Waals surface area contributed by atoms with E-state index in [4.69, 9.17) is 14.2 Å².